The molecule has 1 aromatic carbocycles. The van der Waals surface area contributed by atoms with Crippen molar-refractivity contribution in [2.24, 2.45) is 5.73 Å². The lowest BCUT2D eigenvalue weighted by atomic mass is 9.72. The van der Waals surface area contributed by atoms with Crippen LogP contribution in [-0.2, 0) is 6.42 Å². The Kier molecular flexibility index (Phi) is 2.04. The first-order valence-corrected chi connectivity index (χ1v) is 5.18. The summed E-state index contributed by atoms with van der Waals surface area (Å²) < 4.78 is 0. The molecule has 0 saturated heterocycles. The van der Waals surface area contributed by atoms with E-state index in [-0.39, 0.29) is 5.54 Å². The number of hydrogen-bond acceptors (Lipinski definition) is 2. The summed E-state index contributed by atoms with van der Waals surface area (Å²) in [4.78, 5) is 0. The zero-order chi connectivity index (χ0) is 10.3. The highest BCUT2D eigenvalue weighted by Crippen LogP contribution is 2.37. The van der Waals surface area contributed by atoms with Gasteiger partial charge in [0.15, 0.2) is 0 Å². The van der Waals surface area contributed by atoms with Crippen LogP contribution in [-0.4, -0.2) is 5.54 Å². The second kappa shape index (κ2) is 2.99. The number of benzene rings is 1. The minimum atomic E-state index is -0.0825. The van der Waals surface area contributed by atoms with Crippen LogP contribution < -0.4 is 11.5 Å². The Morgan fingerprint density at radius 1 is 1.43 bits per heavy atom. The van der Waals surface area contributed by atoms with E-state index in [9.17, 15) is 0 Å². The SMILES string of the molecule is CC1c2cc(N)ccc2CCC1(C)N. The van der Waals surface area contributed by atoms with E-state index in [2.05, 4.69) is 26.0 Å². The average molecular weight is 190 g/mol. The standard InChI is InChI=1S/C12H18N2/c1-8-11-7-10(13)4-3-9(11)5-6-12(8,2)14/h3-4,7-8H,5-6,13-14H2,1-2H3. The van der Waals surface area contributed by atoms with Gasteiger partial charge in [-0.2, -0.15) is 0 Å². The van der Waals surface area contributed by atoms with Gasteiger partial charge in [0.1, 0.15) is 0 Å². The van der Waals surface area contributed by atoms with E-state index in [1.165, 1.54) is 11.1 Å². The molecule has 2 atom stereocenters. The summed E-state index contributed by atoms with van der Waals surface area (Å²) in [7, 11) is 0. The van der Waals surface area contributed by atoms with Crippen LogP contribution in [0.5, 0.6) is 0 Å². The lowest BCUT2D eigenvalue weighted by Crippen LogP contribution is -2.44. The summed E-state index contributed by atoms with van der Waals surface area (Å²) in [5.41, 5.74) is 15.5. The van der Waals surface area contributed by atoms with Gasteiger partial charge in [-0.05, 0) is 48.9 Å². The van der Waals surface area contributed by atoms with Gasteiger partial charge in [0.2, 0.25) is 0 Å². The zero-order valence-corrected chi connectivity index (χ0v) is 8.88. The molecule has 1 aliphatic rings. The Hall–Kier alpha value is -1.02. The molecule has 2 rings (SSSR count). The summed E-state index contributed by atoms with van der Waals surface area (Å²) in [5.74, 6) is 0.398. The first-order chi connectivity index (χ1) is 6.50. The molecule has 1 aromatic rings. The largest absolute Gasteiger partial charge is 0.399 e. The molecule has 76 valence electrons. The van der Waals surface area contributed by atoms with E-state index < -0.39 is 0 Å². The molecule has 4 N–H and O–H groups in total. The molecule has 0 amide bonds. The molecule has 0 aromatic heterocycles. The Morgan fingerprint density at radius 2 is 2.14 bits per heavy atom. The normalized spacial score (nSPS) is 31.2. The third-order valence-corrected chi connectivity index (χ3v) is 3.56. The summed E-state index contributed by atoms with van der Waals surface area (Å²) in [6.45, 7) is 4.32. The van der Waals surface area contributed by atoms with Gasteiger partial charge in [-0.25, -0.2) is 0 Å². The van der Waals surface area contributed by atoms with Gasteiger partial charge in [-0.3, -0.25) is 0 Å². The van der Waals surface area contributed by atoms with Crippen molar-refractivity contribution >= 4 is 5.69 Å². The Labute approximate surface area is 85.3 Å². The highest BCUT2D eigenvalue weighted by molar-refractivity contribution is 5.48. The van der Waals surface area contributed by atoms with E-state index in [1.54, 1.807) is 0 Å². The summed E-state index contributed by atoms with van der Waals surface area (Å²) in [5, 5.41) is 0. The van der Waals surface area contributed by atoms with Crippen LogP contribution in [0.1, 0.15) is 37.3 Å². The number of anilines is 1. The number of hydrogen-bond donors (Lipinski definition) is 2. The fourth-order valence-corrected chi connectivity index (χ4v) is 2.22. The number of fused-ring (bicyclic) bond motifs is 1. The second-order valence-corrected chi connectivity index (χ2v) is 4.69. The predicted octanol–water partition coefficient (Wildman–Crippen LogP) is 2.04. The maximum Gasteiger partial charge on any atom is 0.0317 e. The fraction of sp³-hybridized carbons (Fsp3) is 0.500. The monoisotopic (exact) mass is 190 g/mol. The average Bonchev–Trinajstić information content (AvgIpc) is 2.13. The van der Waals surface area contributed by atoms with Crippen LogP contribution in [0.4, 0.5) is 5.69 Å². The smallest absolute Gasteiger partial charge is 0.0317 e. The van der Waals surface area contributed by atoms with E-state index >= 15 is 0 Å². The van der Waals surface area contributed by atoms with E-state index in [4.69, 9.17) is 11.5 Å². The third-order valence-electron chi connectivity index (χ3n) is 3.56. The maximum atomic E-state index is 6.25. The van der Waals surface area contributed by atoms with Gasteiger partial charge in [0, 0.05) is 11.2 Å². The molecular weight excluding hydrogens is 172 g/mol. The molecule has 0 heterocycles. The summed E-state index contributed by atoms with van der Waals surface area (Å²) in [6.07, 6.45) is 2.14. The molecule has 1 aliphatic carbocycles. The van der Waals surface area contributed by atoms with Crippen molar-refractivity contribution < 1.29 is 0 Å². The highest BCUT2D eigenvalue weighted by atomic mass is 14.7. The second-order valence-electron chi connectivity index (χ2n) is 4.69. The molecule has 0 bridgehead atoms. The molecule has 0 spiro atoms. The van der Waals surface area contributed by atoms with Gasteiger partial charge >= 0.3 is 0 Å². The quantitative estimate of drug-likeness (QED) is 0.615. The van der Waals surface area contributed by atoms with Crippen LogP contribution in [0.25, 0.3) is 0 Å². The molecule has 2 heteroatoms. The molecule has 2 nitrogen and oxygen atoms in total. The Balaban J connectivity index is 2.48. The number of nitrogens with two attached hydrogens (primary N) is 2. The molecule has 0 fully saturated rings. The molecule has 0 aliphatic heterocycles. The number of aryl methyl sites for hydroxylation is 1. The predicted molar refractivity (Wildman–Crippen MR) is 60.2 cm³/mol. The third kappa shape index (κ3) is 1.40. The van der Waals surface area contributed by atoms with Crippen molar-refractivity contribution in [3.05, 3.63) is 29.3 Å². The minimum Gasteiger partial charge on any atom is -0.399 e. The first kappa shape index (κ1) is 9.53. The first-order valence-electron chi connectivity index (χ1n) is 5.18. The zero-order valence-electron chi connectivity index (χ0n) is 8.88. The van der Waals surface area contributed by atoms with Crippen LogP contribution in [0.2, 0.25) is 0 Å². The van der Waals surface area contributed by atoms with Crippen molar-refractivity contribution in [1.82, 2.24) is 0 Å². The highest BCUT2D eigenvalue weighted by Gasteiger charge is 2.32. The van der Waals surface area contributed by atoms with Gasteiger partial charge in [0.25, 0.3) is 0 Å². The fourth-order valence-electron chi connectivity index (χ4n) is 2.22. The minimum absolute atomic E-state index is 0.0825. The van der Waals surface area contributed by atoms with Crippen molar-refractivity contribution in [1.29, 1.82) is 0 Å². The van der Waals surface area contributed by atoms with Gasteiger partial charge in [0.05, 0.1) is 0 Å². The molecule has 0 saturated carbocycles. The van der Waals surface area contributed by atoms with Gasteiger partial charge in [-0.15, -0.1) is 0 Å². The lowest BCUT2D eigenvalue weighted by Gasteiger charge is -2.38. The van der Waals surface area contributed by atoms with Crippen molar-refractivity contribution in [2.45, 2.75) is 38.1 Å². The summed E-state index contributed by atoms with van der Waals surface area (Å²) >= 11 is 0. The molecule has 2 unspecified atom stereocenters. The Bertz CT molecular complexity index is 355. The van der Waals surface area contributed by atoms with Gasteiger partial charge < -0.3 is 11.5 Å². The number of nitrogen functional groups attached to an aromatic ring is 1. The van der Waals surface area contributed by atoms with Crippen LogP contribution in [0, 0.1) is 0 Å². The Morgan fingerprint density at radius 3 is 2.86 bits per heavy atom. The summed E-state index contributed by atoms with van der Waals surface area (Å²) in [6, 6.07) is 6.19. The van der Waals surface area contributed by atoms with Crippen molar-refractivity contribution in [2.75, 3.05) is 5.73 Å². The van der Waals surface area contributed by atoms with Gasteiger partial charge in [-0.1, -0.05) is 13.0 Å². The van der Waals surface area contributed by atoms with Crippen molar-refractivity contribution in [3.8, 4) is 0 Å². The topological polar surface area (TPSA) is 52.0 Å². The van der Waals surface area contributed by atoms with E-state index in [0.717, 1.165) is 18.5 Å². The van der Waals surface area contributed by atoms with E-state index in [0.29, 0.717) is 5.92 Å². The van der Waals surface area contributed by atoms with Crippen LogP contribution >= 0.6 is 0 Å². The van der Waals surface area contributed by atoms with Crippen LogP contribution in [0.3, 0.4) is 0 Å². The number of rotatable bonds is 0. The van der Waals surface area contributed by atoms with E-state index in [1.807, 2.05) is 6.07 Å². The molecule has 0 radical (unpaired) electrons. The molecular formula is C12H18N2. The van der Waals surface area contributed by atoms with Crippen molar-refractivity contribution in [3.63, 3.8) is 0 Å². The lowest BCUT2D eigenvalue weighted by molar-refractivity contribution is 0.347. The molecule has 14 heavy (non-hydrogen) atoms. The maximum absolute atomic E-state index is 6.25. The van der Waals surface area contributed by atoms with Crippen LogP contribution in [0.15, 0.2) is 18.2 Å².